The highest BCUT2D eigenvalue weighted by molar-refractivity contribution is 5.80. The summed E-state index contributed by atoms with van der Waals surface area (Å²) >= 11 is 0. The molecule has 0 radical (unpaired) electrons. The molecule has 1 saturated carbocycles. The number of rotatable bonds is 5. The van der Waals surface area contributed by atoms with Crippen molar-refractivity contribution in [2.24, 2.45) is 17.3 Å². The first kappa shape index (κ1) is 23.2. The summed E-state index contributed by atoms with van der Waals surface area (Å²) in [6.45, 7) is 8.10. The van der Waals surface area contributed by atoms with Crippen molar-refractivity contribution in [2.75, 3.05) is 20.2 Å². The smallest absolute Gasteiger partial charge is 0.410 e. The fourth-order valence-corrected chi connectivity index (χ4v) is 4.57. The van der Waals surface area contributed by atoms with Crippen molar-refractivity contribution in [1.82, 2.24) is 10.2 Å². The number of carbonyl (C=O) groups excluding carboxylic acids is 2. The van der Waals surface area contributed by atoms with Crippen LogP contribution in [0.5, 0.6) is 11.5 Å². The second-order valence-electron chi connectivity index (χ2n) is 9.88. The molecule has 0 spiro atoms. The van der Waals surface area contributed by atoms with Gasteiger partial charge >= 0.3 is 6.09 Å². The third kappa shape index (κ3) is 6.05. The Morgan fingerprint density at radius 2 is 1.87 bits per heavy atom. The van der Waals surface area contributed by atoms with E-state index >= 15 is 0 Å². The van der Waals surface area contributed by atoms with Crippen molar-refractivity contribution in [3.05, 3.63) is 23.8 Å². The minimum atomic E-state index is -0.294. The second-order valence-corrected chi connectivity index (χ2v) is 9.88. The Kier molecular flexibility index (Phi) is 7.34. The molecule has 1 aliphatic heterocycles. The first-order valence-electron chi connectivity index (χ1n) is 11.3. The number of hydrogen-bond donors (Lipinski definition) is 2. The Morgan fingerprint density at radius 1 is 1.16 bits per heavy atom. The Balaban J connectivity index is 1.42. The maximum atomic E-state index is 12.6. The molecule has 1 unspecified atom stereocenters. The summed E-state index contributed by atoms with van der Waals surface area (Å²) in [5.41, 5.74) is 1.14. The molecule has 0 aromatic heterocycles. The molecule has 3 rings (SSSR count). The Labute approximate surface area is 185 Å². The molecule has 7 nitrogen and oxygen atoms in total. The van der Waals surface area contributed by atoms with E-state index in [0.29, 0.717) is 43.1 Å². The van der Waals surface area contributed by atoms with E-state index in [1.54, 1.807) is 23.1 Å². The fourth-order valence-electron chi connectivity index (χ4n) is 4.57. The number of carbonyl (C=O) groups is 2. The molecule has 1 saturated heterocycles. The molecule has 1 aromatic carbocycles. The first-order chi connectivity index (χ1) is 14.7. The Morgan fingerprint density at radius 3 is 2.52 bits per heavy atom. The van der Waals surface area contributed by atoms with Crippen LogP contribution in [0.2, 0.25) is 0 Å². The van der Waals surface area contributed by atoms with Crippen LogP contribution in [-0.4, -0.2) is 48.3 Å². The van der Waals surface area contributed by atoms with Crippen LogP contribution in [0, 0.1) is 17.3 Å². The summed E-state index contributed by atoms with van der Waals surface area (Å²) in [4.78, 5) is 26.8. The topological polar surface area (TPSA) is 88.1 Å². The molecule has 2 fully saturated rings. The predicted molar refractivity (Wildman–Crippen MR) is 118 cm³/mol. The molecule has 31 heavy (non-hydrogen) atoms. The van der Waals surface area contributed by atoms with Crippen LogP contribution in [0.1, 0.15) is 58.4 Å². The summed E-state index contributed by atoms with van der Waals surface area (Å²) in [5.74, 6) is 0.805. The zero-order valence-corrected chi connectivity index (χ0v) is 19.1. The molecule has 7 heteroatoms. The molecule has 172 valence electrons. The average Bonchev–Trinajstić information content (AvgIpc) is 3.23. The number of nitrogens with one attached hydrogen (secondary N) is 1. The summed E-state index contributed by atoms with van der Waals surface area (Å²) in [7, 11) is 1.49. The maximum Gasteiger partial charge on any atom is 0.410 e. The van der Waals surface area contributed by atoms with E-state index < -0.39 is 0 Å². The molecule has 2 aliphatic rings. The standard InChI is InChI=1S/C24H36N2O5/c1-24(2,3)18-6-8-19(9-7-18)31-23(29)26-12-11-17(15-26)22(28)25-14-16-5-10-20(27)21(13-16)30-4/h5,10,13,17-19,27H,6-9,11-12,14-15H2,1-4H3,(H,25,28). The zero-order chi connectivity index (χ0) is 22.6. The predicted octanol–water partition coefficient (Wildman–Crippen LogP) is 4.08. The van der Waals surface area contributed by atoms with Crippen LogP contribution < -0.4 is 10.1 Å². The van der Waals surface area contributed by atoms with Gasteiger partial charge in [0.25, 0.3) is 0 Å². The van der Waals surface area contributed by atoms with Crippen molar-refractivity contribution in [2.45, 2.75) is 65.5 Å². The lowest BCUT2D eigenvalue weighted by molar-refractivity contribution is -0.124. The van der Waals surface area contributed by atoms with Gasteiger partial charge in [-0.15, -0.1) is 0 Å². The Bertz CT molecular complexity index is 781. The monoisotopic (exact) mass is 432 g/mol. The van der Waals surface area contributed by atoms with Crippen LogP contribution in [-0.2, 0) is 16.1 Å². The van der Waals surface area contributed by atoms with Crippen LogP contribution in [0.3, 0.4) is 0 Å². The number of likely N-dealkylation sites (tertiary alicyclic amines) is 1. The van der Waals surface area contributed by atoms with E-state index in [0.717, 1.165) is 31.2 Å². The van der Waals surface area contributed by atoms with Crippen molar-refractivity contribution in [3.63, 3.8) is 0 Å². The number of methoxy groups -OCH3 is 1. The van der Waals surface area contributed by atoms with E-state index in [-0.39, 0.29) is 29.8 Å². The average molecular weight is 433 g/mol. The van der Waals surface area contributed by atoms with E-state index in [1.807, 2.05) is 0 Å². The summed E-state index contributed by atoms with van der Waals surface area (Å²) < 4.78 is 10.8. The van der Waals surface area contributed by atoms with Gasteiger partial charge in [0, 0.05) is 19.6 Å². The van der Waals surface area contributed by atoms with Crippen LogP contribution >= 0.6 is 0 Å². The van der Waals surface area contributed by atoms with E-state index in [4.69, 9.17) is 9.47 Å². The van der Waals surface area contributed by atoms with E-state index in [2.05, 4.69) is 26.1 Å². The highest BCUT2D eigenvalue weighted by Crippen LogP contribution is 2.38. The number of nitrogens with zero attached hydrogens (tertiary/aromatic N) is 1. The van der Waals surface area contributed by atoms with Crippen LogP contribution in [0.25, 0.3) is 0 Å². The lowest BCUT2D eigenvalue weighted by atomic mass is 9.72. The zero-order valence-electron chi connectivity index (χ0n) is 19.1. The van der Waals surface area contributed by atoms with Crippen LogP contribution in [0.4, 0.5) is 4.79 Å². The largest absolute Gasteiger partial charge is 0.504 e. The van der Waals surface area contributed by atoms with Gasteiger partial charge in [0.2, 0.25) is 5.91 Å². The van der Waals surface area contributed by atoms with Crippen molar-refractivity contribution in [1.29, 1.82) is 0 Å². The summed E-state index contributed by atoms with van der Waals surface area (Å²) in [6, 6.07) is 4.98. The molecule has 1 aromatic rings. The second kappa shape index (κ2) is 9.79. The molecule has 1 heterocycles. The number of ether oxygens (including phenoxy) is 2. The minimum absolute atomic E-state index is 0.0107. The summed E-state index contributed by atoms with van der Waals surface area (Å²) in [6.07, 6.45) is 4.35. The SMILES string of the molecule is COc1cc(CNC(=O)C2CCN(C(=O)OC3CCC(C(C)(C)C)CC3)C2)ccc1O. The third-order valence-electron chi connectivity index (χ3n) is 6.69. The third-order valence-corrected chi connectivity index (χ3v) is 6.69. The molecule has 2 amide bonds. The van der Waals surface area contributed by atoms with Crippen molar-refractivity contribution >= 4 is 12.0 Å². The van der Waals surface area contributed by atoms with Crippen LogP contribution in [0.15, 0.2) is 18.2 Å². The maximum absolute atomic E-state index is 12.6. The molecule has 1 aliphatic carbocycles. The number of phenols is 1. The van der Waals surface area contributed by atoms with E-state index in [9.17, 15) is 14.7 Å². The highest BCUT2D eigenvalue weighted by atomic mass is 16.6. The summed E-state index contributed by atoms with van der Waals surface area (Å²) in [5, 5.41) is 12.6. The molecular weight excluding hydrogens is 396 g/mol. The normalized spacial score (nSPS) is 24.0. The molecular formula is C24H36N2O5. The first-order valence-corrected chi connectivity index (χ1v) is 11.3. The number of aromatic hydroxyl groups is 1. The number of hydrogen-bond acceptors (Lipinski definition) is 5. The quantitative estimate of drug-likeness (QED) is 0.732. The molecule has 1 atom stereocenters. The number of phenolic OH excluding ortho intramolecular Hbond substituents is 1. The van der Waals surface area contributed by atoms with Gasteiger partial charge in [0.15, 0.2) is 11.5 Å². The van der Waals surface area contributed by atoms with E-state index in [1.165, 1.54) is 7.11 Å². The lowest BCUT2D eigenvalue weighted by Crippen LogP contribution is -2.37. The van der Waals surface area contributed by atoms with Crippen molar-refractivity contribution < 1.29 is 24.2 Å². The molecule has 2 N–H and O–H groups in total. The van der Waals surface area contributed by atoms with Gasteiger partial charge < -0.3 is 24.8 Å². The van der Waals surface area contributed by atoms with Gasteiger partial charge in [0.05, 0.1) is 13.0 Å². The molecule has 0 bridgehead atoms. The van der Waals surface area contributed by atoms with Gasteiger partial charge in [-0.25, -0.2) is 4.79 Å². The number of benzene rings is 1. The van der Waals surface area contributed by atoms with Gasteiger partial charge in [-0.3, -0.25) is 4.79 Å². The number of amides is 2. The van der Waals surface area contributed by atoms with Gasteiger partial charge in [-0.05, 0) is 61.1 Å². The van der Waals surface area contributed by atoms with Gasteiger partial charge in [-0.2, -0.15) is 0 Å². The minimum Gasteiger partial charge on any atom is -0.504 e. The fraction of sp³-hybridized carbons (Fsp3) is 0.667. The Hall–Kier alpha value is -2.44. The van der Waals surface area contributed by atoms with Gasteiger partial charge in [-0.1, -0.05) is 26.8 Å². The lowest BCUT2D eigenvalue weighted by Gasteiger charge is -2.37. The van der Waals surface area contributed by atoms with Gasteiger partial charge in [0.1, 0.15) is 6.10 Å². The van der Waals surface area contributed by atoms with Crippen molar-refractivity contribution in [3.8, 4) is 11.5 Å². The highest BCUT2D eigenvalue weighted by Gasteiger charge is 2.35.